The Balaban J connectivity index is 1.51. The van der Waals surface area contributed by atoms with Gasteiger partial charge in [-0.3, -0.25) is 9.89 Å². The number of halogens is 1. The van der Waals surface area contributed by atoms with Gasteiger partial charge in [0.2, 0.25) is 0 Å². The Hall–Kier alpha value is -3.52. The SMILES string of the molecule is NCCN1CCC(CS(=O)(=O)c2ccc(C(=O)NCCCc3cn[nH]c3)cc2C#Cc2ccc(F)cc2)CC1. The highest BCUT2D eigenvalue weighted by Gasteiger charge is 2.27. The molecule has 0 atom stereocenters. The maximum Gasteiger partial charge on any atom is 0.251 e. The molecule has 1 fully saturated rings. The maximum atomic E-state index is 13.5. The standard InChI is InChI=1S/C29H34FN5O3S/c30-27-8-4-22(5-9-27)3-6-25-18-26(29(36)32-14-1-2-24-19-33-34-20-24)7-10-28(25)39(37,38)21-23-11-15-35(16-12-23)17-13-31/h4-5,7-10,18-20,23H,1-2,11-17,21,31H2,(H,32,36)(H,33,34). The van der Waals surface area contributed by atoms with E-state index in [1.165, 1.54) is 42.5 Å². The molecule has 4 rings (SSSR count). The summed E-state index contributed by atoms with van der Waals surface area (Å²) in [6, 6.07) is 10.2. The lowest BCUT2D eigenvalue weighted by molar-refractivity contribution is 0.0953. The molecule has 0 aliphatic carbocycles. The minimum Gasteiger partial charge on any atom is -0.352 e. The number of aromatic nitrogens is 2. The van der Waals surface area contributed by atoms with E-state index in [0.717, 1.165) is 50.9 Å². The van der Waals surface area contributed by atoms with Crippen molar-refractivity contribution in [3.63, 3.8) is 0 Å². The van der Waals surface area contributed by atoms with Crippen LogP contribution < -0.4 is 11.1 Å². The zero-order valence-corrected chi connectivity index (χ0v) is 22.6. The number of aromatic amines is 1. The zero-order valence-electron chi connectivity index (χ0n) is 21.8. The zero-order chi connectivity index (χ0) is 27.7. The van der Waals surface area contributed by atoms with Gasteiger partial charge in [0.1, 0.15) is 5.82 Å². The van der Waals surface area contributed by atoms with Crippen molar-refractivity contribution >= 4 is 15.7 Å². The summed E-state index contributed by atoms with van der Waals surface area (Å²) in [4.78, 5) is 15.2. The number of nitrogens with zero attached hydrogens (tertiary/aromatic N) is 2. The van der Waals surface area contributed by atoms with Crippen molar-refractivity contribution in [1.82, 2.24) is 20.4 Å². The van der Waals surface area contributed by atoms with Crippen molar-refractivity contribution in [2.75, 3.05) is 38.5 Å². The van der Waals surface area contributed by atoms with E-state index in [2.05, 4.69) is 32.3 Å². The first-order valence-corrected chi connectivity index (χ1v) is 14.8. The van der Waals surface area contributed by atoms with Crippen LogP contribution in [-0.2, 0) is 16.3 Å². The van der Waals surface area contributed by atoms with E-state index in [4.69, 9.17) is 5.73 Å². The van der Waals surface area contributed by atoms with Gasteiger partial charge in [0.05, 0.1) is 16.8 Å². The second kappa shape index (κ2) is 13.5. The molecule has 0 unspecified atom stereocenters. The van der Waals surface area contributed by atoms with Crippen LogP contribution in [0.3, 0.4) is 0 Å². The van der Waals surface area contributed by atoms with Crippen LogP contribution in [0.15, 0.2) is 59.8 Å². The molecule has 0 saturated carbocycles. The third-order valence-corrected chi connectivity index (χ3v) is 8.79. The number of aryl methyl sites for hydroxylation is 1. The van der Waals surface area contributed by atoms with E-state index < -0.39 is 9.84 Å². The van der Waals surface area contributed by atoms with E-state index in [9.17, 15) is 17.6 Å². The molecule has 1 saturated heterocycles. The number of hydrogen-bond donors (Lipinski definition) is 3. The number of sulfone groups is 1. The predicted octanol–water partition coefficient (Wildman–Crippen LogP) is 2.76. The molecule has 39 heavy (non-hydrogen) atoms. The molecular formula is C29H34FN5O3S. The molecule has 206 valence electrons. The fraction of sp³-hybridized carbons (Fsp3) is 0.379. The predicted molar refractivity (Wildman–Crippen MR) is 148 cm³/mol. The Labute approximate surface area is 229 Å². The highest BCUT2D eigenvalue weighted by Crippen LogP contribution is 2.25. The average Bonchev–Trinajstić information content (AvgIpc) is 3.45. The van der Waals surface area contributed by atoms with Crippen LogP contribution in [0.4, 0.5) is 4.39 Å². The van der Waals surface area contributed by atoms with Crippen molar-refractivity contribution in [1.29, 1.82) is 0 Å². The fourth-order valence-corrected chi connectivity index (χ4v) is 6.54. The number of piperidine rings is 1. The Kier molecular flexibility index (Phi) is 9.87. The molecule has 10 heteroatoms. The molecule has 3 aromatic rings. The molecule has 1 aliphatic rings. The quantitative estimate of drug-likeness (QED) is 0.263. The second-order valence-corrected chi connectivity index (χ2v) is 11.8. The number of rotatable bonds is 10. The number of benzene rings is 2. The topological polar surface area (TPSA) is 121 Å². The van der Waals surface area contributed by atoms with Gasteiger partial charge in [0, 0.05) is 42.5 Å². The summed E-state index contributed by atoms with van der Waals surface area (Å²) in [7, 11) is -3.67. The minimum absolute atomic E-state index is 0.0221. The van der Waals surface area contributed by atoms with Crippen LogP contribution >= 0.6 is 0 Å². The second-order valence-electron chi connectivity index (χ2n) is 9.79. The lowest BCUT2D eigenvalue weighted by atomic mass is 9.99. The molecule has 1 amide bonds. The van der Waals surface area contributed by atoms with Gasteiger partial charge in [0.15, 0.2) is 9.84 Å². The molecule has 8 nitrogen and oxygen atoms in total. The van der Waals surface area contributed by atoms with Crippen molar-refractivity contribution in [2.24, 2.45) is 11.7 Å². The number of carbonyl (C=O) groups excluding carboxylic acids is 1. The van der Waals surface area contributed by atoms with Crippen molar-refractivity contribution in [2.45, 2.75) is 30.6 Å². The van der Waals surface area contributed by atoms with E-state index >= 15 is 0 Å². The number of hydrogen-bond acceptors (Lipinski definition) is 6. The maximum absolute atomic E-state index is 13.5. The number of amides is 1. The Morgan fingerprint density at radius 1 is 1.15 bits per heavy atom. The van der Waals surface area contributed by atoms with Gasteiger partial charge in [0.25, 0.3) is 5.91 Å². The first kappa shape index (κ1) is 28.5. The van der Waals surface area contributed by atoms with E-state index in [1.807, 2.05) is 6.20 Å². The summed E-state index contributed by atoms with van der Waals surface area (Å²) in [5.41, 5.74) is 7.84. The van der Waals surface area contributed by atoms with Crippen molar-refractivity contribution < 1.29 is 17.6 Å². The summed E-state index contributed by atoms with van der Waals surface area (Å²) < 4.78 is 40.4. The molecular weight excluding hydrogens is 517 g/mol. The van der Waals surface area contributed by atoms with Gasteiger partial charge in [-0.1, -0.05) is 11.8 Å². The number of likely N-dealkylation sites (tertiary alicyclic amines) is 1. The van der Waals surface area contributed by atoms with Gasteiger partial charge in [-0.05, 0) is 92.7 Å². The minimum atomic E-state index is -3.67. The van der Waals surface area contributed by atoms with Crippen LogP contribution in [0.1, 0.15) is 46.3 Å². The molecule has 2 heterocycles. The van der Waals surface area contributed by atoms with Crippen molar-refractivity contribution in [3.05, 3.63) is 82.9 Å². The lowest BCUT2D eigenvalue weighted by Crippen LogP contribution is -2.38. The van der Waals surface area contributed by atoms with Gasteiger partial charge < -0.3 is 16.0 Å². The first-order valence-electron chi connectivity index (χ1n) is 13.2. The smallest absolute Gasteiger partial charge is 0.251 e. The van der Waals surface area contributed by atoms with Crippen molar-refractivity contribution in [3.8, 4) is 11.8 Å². The number of nitrogens with two attached hydrogens (primary N) is 1. The van der Waals surface area contributed by atoms with E-state index in [0.29, 0.717) is 24.2 Å². The molecule has 1 aliphatic heterocycles. The number of carbonyl (C=O) groups is 1. The van der Waals surface area contributed by atoms with Crippen LogP contribution in [0.2, 0.25) is 0 Å². The van der Waals surface area contributed by atoms with E-state index in [1.54, 1.807) is 6.20 Å². The normalized spacial score (nSPS) is 14.5. The third kappa shape index (κ3) is 8.23. The highest BCUT2D eigenvalue weighted by molar-refractivity contribution is 7.91. The van der Waals surface area contributed by atoms with Gasteiger partial charge in [-0.25, -0.2) is 12.8 Å². The van der Waals surface area contributed by atoms with Crippen LogP contribution in [0.5, 0.6) is 0 Å². The van der Waals surface area contributed by atoms with Gasteiger partial charge >= 0.3 is 0 Å². The van der Waals surface area contributed by atoms with Gasteiger partial charge in [-0.15, -0.1) is 0 Å². The molecule has 2 aromatic carbocycles. The monoisotopic (exact) mass is 551 g/mol. The summed E-state index contributed by atoms with van der Waals surface area (Å²) in [5.74, 6) is 5.23. The third-order valence-electron chi connectivity index (χ3n) is 6.85. The Bertz CT molecular complexity index is 1410. The molecule has 0 radical (unpaired) electrons. The van der Waals surface area contributed by atoms with Gasteiger partial charge in [-0.2, -0.15) is 5.10 Å². The van der Waals surface area contributed by atoms with Crippen LogP contribution in [0.25, 0.3) is 0 Å². The molecule has 1 aromatic heterocycles. The summed E-state index contributed by atoms with van der Waals surface area (Å²) >= 11 is 0. The summed E-state index contributed by atoms with van der Waals surface area (Å²) in [6.07, 6.45) is 6.64. The summed E-state index contributed by atoms with van der Waals surface area (Å²) in [5, 5.41) is 9.56. The largest absolute Gasteiger partial charge is 0.352 e. The molecule has 0 bridgehead atoms. The Morgan fingerprint density at radius 2 is 1.92 bits per heavy atom. The fourth-order valence-electron chi connectivity index (χ4n) is 4.68. The number of H-pyrrole nitrogens is 1. The molecule has 4 N–H and O–H groups in total. The number of nitrogens with one attached hydrogen (secondary N) is 2. The lowest BCUT2D eigenvalue weighted by Gasteiger charge is -2.31. The average molecular weight is 552 g/mol. The van der Waals surface area contributed by atoms with E-state index in [-0.39, 0.29) is 33.9 Å². The Morgan fingerprint density at radius 3 is 2.62 bits per heavy atom. The van der Waals surface area contributed by atoms with Crippen LogP contribution in [-0.4, -0.2) is 67.9 Å². The van der Waals surface area contributed by atoms with Crippen LogP contribution in [0, 0.1) is 23.6 Å². The highest BCUT2D eigenvalue weighted by atomic mass is 32.2. The summed E-state index contributed by atoms with van der Waals surface area (Å²) in [6.45, 7) is 3.52. The first-order chi connectivity index (χ1) is 18.8. The molecule has 0 spiro atoms.